The Bertz CT molecular complexity index is 659. The van der Waals surface area contributed by atoms with Crippen LogP contribution in [0.15, 0.2) is 38.6 Å². The predicted octanol–water partition coefficient (Wildman–Crippen LogP) is 3.38. The third-order valence-electron chi connectivity index (χ3n) is 2.89. The Balaban J connectivity index is 2.09. The fraction of sp³-hybridized carbons (Fsp3) is 0.214. The van der Waals surface area contributed by atoms with Crippen LogP contribution in [-0.2, 0) is 13.1 Å². The molecule has 0 unspecified atom stereocenters. The van der Waals surface area contributed by atoms with Crippen molar-refractivity contribution in [1.82, 2.24) is 4.90 Å². The van der Waals surface area contributed by atoms with E-state index >= 15 is 0 Å². The summed E-state index contributed by atoms with van der Waals surface area (Å²) in [5.74, 6) is -0.499. The molecule has 0 saturated heterocycles. The van der Waals surface area contributed by atoms with Crippen molar-refractivity contribution < 1.29 is 9.60 Å². The minimum atomic E-state index is -0.402. The van der Waals surface area contributed by atoms with E-state index in [9.17, 15) is 4.39 Å². The van der Waals surface area contributed by atoms with Crippen molar-refractivity contribution in [2.75, 3.05) is 7.05 Å². The summed E-state index contributed by atoms with van der Waals surface area (Å²) >= 11 is 5.07. The molecule has 0 fully saturated rings. The van der Waals surface area contributed by atoms with E-state index in [1.165, 1.54) is 17.7 Å². The second-order valence-electron chi connectivity index (χ2n) is 4.76. The number of halogens is 2. The molecule has 0 atom stereocenters. The fourth-order valence-electron chi connectivity index (χ4n) is 2.06. The Kier molecular flexibility index (Phi) is 5.33. The standard InChI is InChI=1S/C14H15BrFN3OS/c1-19(7-10-4-13(15)21-8-10)6-9-2-11(14(17)18-20)5-12(16)3-9/h2-5,8,20H,6-7H2,1H3,(H2,17,18). The molecule has 2 aromatic rings. The van der Waals surface area contributed by atoms with Gasteiger partial charge in [0, 0.05) is 18.7 Å². The molecule has 0 aliphatic carbocycles. The minimum Gasteiger partial charge on any atom is -0.409 e. The number of thiophene rings is 1. The number of hydrogen-bond donors (Lipinski definition) is 2. The molecule has 0 amide bonds. The molecule has 0 radical (unpaired) electrons. The molecule has 1 aromatic carbocycles. The smallest absolute Gasteiger partial charge is 0.170 e. The van der Waals surface area contributed by atoms with Crippen LogP contribution in [0.5, 0.6) is 0 Å². The van der Waals surface area contributed by atoms with Gasteiger partial charge in [0.05, 0.1) is 3.79 Å². The lowest BCUT2D eigenvalue weighted by Crippen LogP contribution is -2.18. The number of nitrogens with zero attached hydrogens (tertiary/aromatic N) is 2. The largest absolute Gasteiger partial charge is 0.409 e. The number of amidine groups is 1. The van der Waals surface area contributed by atoms with E-state index in [1.807, 2.05) is 7.05 Å². The molecule has 112 valence electrons. The number of benzene rings is 1. The molecule has 3 N–H and O–H groups in total. The maximum atomic E-state index is 13.6. The quantitative estimate of drug-likeness (QED) is 0.366. The van der Waals surface area contributed by atoms with Gasteiger partial charge < -0.3 is 10.9 Å². The maximum absolute atomic E-state index is 13.6. The van der Waals surface area contributed by atoms with Crippen molar-refractivity contribution >= 4 is 33.1 Å². The lowest BCUT2D eigenvalue weighted by molar-refractivity contribution is 0.317. The first kappa shape index (κ1) is 15.9. The molecular weight excluding hydrogens is 357 g/mol. The Labute approximate surface area is 134 Å². The van der Waals surface area contributed by atoms with Gasteiger partial charge in [0.1, 0.15) is 5.82 Å². The molecule has 4 nitrogen and oxygen atoms in total. The maximum Gasteiger partial charge on any atom is 0.170 e. The molecule has 0 saturated carbocycles. The van der Waals surface area contributed by atoms with Crippen LogP contribution in [0.2, 0.25) is 0 Å². The first-order valence-electron chi connectivity index (χ1n) is 6.16. The average Bonchev–Trinajstić information content (AvgIpc) is 2.82. The highest BCUT2D eigenvalue weighted by Crippen LogP contribution is 2.22. The zero-order valence-electron chi connectivity index (χ0n) is 11.4. The lowest BCUT2D eigenvalue weighted by atomic mass is 10.1. The Morgan fingerprint density at radius 3 is 2.67 bits per heavy atom. The molecule has 1 aromatic heterocycles. The second kappa shape index (κ2) is 7.02. The van der Waals surface area contributed by atoms with E-state index in [1.54, 1.807) is 17.4 Å². The van der Waals surface area contributed by atoms with Gasteiger partial charge in [-0.1, -0.05) is 5.16 Å². The highest BCUT2D eigenvalue weighted by Gasteiger charge is 2.08. The summed E-state index contributed by atoms with van der Waals surface area (Å²) in [6.07, 6.45) is 0. The molecule has 0 bridgehead atoms. The van der Waals surface area contributed by atoms with Gasteiger partial charge in [0.25, 0.3) is 0 Å². The number of nitrogens with two attached hydrogens (primary N) is 1. The third kappa shape index (κ3) is 4.52. The first-order valence-corrected chi connectivity index (χ1v) is 7.84. The van der Waals surface area contributed by atoms with E-state index in [2.05, 4.69) is 37.4 Å². The van der Waals surface area contributed by atoms with Crippen molar-refractivity contribution in [3.8, 4) is 0 Å². The highest BCUT2D eigenvalue weighted by atomic mass is 79.9. The van der Waals surface area contributed by atoms with E-state index in [-0.39, 0.29) is 5.84 Å². The molecule has 1 heterocycles. The topological polar surface area (TPSA) is 61.8 Å². The summed E-state index contributed by atoms with van der Waals surface area (Å²) in [5.41, 5.74) is 7.85. The first-order chi connectivity index (χ1) is 9.97. The van der Waals surface area contributed by atoms with Gasteiger partial charge in [-0.2, -0.15) is 0 Å². The van der Waals surface area contributed by atoms with Crippen molar-refractivity contribution in [2.24, 2.45) is 10.9 Å². The van der Waals surface area contributed by atoms with E-state index in [0.29, 0.717) is 12.1 Å². The highest BCUT2D eigenvalue weighted by molar-refractivity contribution is 9.11. The van der Waals surface area contributed by atoms with Crippen molar-refractivity contribution in [3.63, 3.8) is 0 Å². The molecule has 21 heavy (non-hydrogen) atoms. The lowest BCUT2D eigenvalue weighted by Gasteiger charge is -2.16. The summed E-state index contributed by atoms with van der Waals surface area (Å²) in [6.45, 7) is 1.33. The minimum absolute atomic E-state index is 0.0971. The molecular formula is C14H15BrFN3OS. The van der Waals surface area contributed by atoms with Crippen molar-refractivity contribution in [2.45, 2.75) is 13.1 Å². The van der Waals surface area contributed by atoms with Crippen LogP contribution in [0.3, 0.4) is 0 Å². The summed E-state index contributed by atoms with van der Waals surface area (Å²) in [4.78, 5) is 2.07. The van der Waals surface area contributed by atoms with Gasteiger partial charge in [0.15, 0.2) is 5.84 Å². The molecule has 7 heteroatoms. The van der Waals surface area contributed by atoms with E-state index in [0.717, 1.165) is 15.9 Å². The average molecular weight is 372 g/mol. The van der Waals surface area contributed by atoms with Gasteiger partial charge >= 0.3 is 0 Å². The van der Waals surface area contributed by atoms with Crippen LogP contribution in [0, 0.1) is 5.82 Å². The van der Waals surface area contributed by atoms with Gasteiger partial charge in [-0.25, -0.2) is 4.39 Å². The SMILES string of the molecule is CN(Cc1cc(F)cc(/C(N)=N/O)c1)Cc1csc(Br)c1. The number of hydrogen-bond acceptors (Lipinski definition) is 4. The summed E-state index contributed by atoms with van der Waals surface area (Å²) in [7, 11) is 1.96. The van der Waals surface area contributed by atoms with Crippen LogP contribution in [0.4, 0.5) is 4.39 Å². The van der Waals surface area contributed by atoms with Gasteiger partial charge in [-0.15, -0.1) is 11.3 Å². The molecule has 0 aliphatic heterocycles. The summed E-state index contributed by atoms with van der Waals surface area (Å²) < 4.78 is 14.7. The van der Waals surface area contributed by atoms with Crippen molar-refractivity contribution in [1.29, 1.82) is 0 Å². The normalized spacial score (nSPS) is 12.1. The number of rotatable bonds is 5. The van der Waals surface area contributed by atoms with Crippen LogP contribution in [0.1, 0.15) is 16.7 Å². The molecule has 2 rings (SSSR count). The van der Waals surface area contributed by atoms with Gasteiger partial charge in [-0.3, -0.25) is 4.90 Å². The van der Waals surface area contributed by atoms with Crippen LogP contribution < -0.4 is 5.73 Å². The van der Waals surface area contributed by atoms with Crippen LogP contribution in [0.25, 0.3) is 0 Å². The third-order valence-corrected chi connectivity index (χ3v) is 4.44. The summed E-state index contributed by atoms with van der Waals surface area (Å²) in [6, 6.07) is 6.48. The molecule has 0 spiro atoms. The molecule has 0 aliphatic rings. The Morgan fingerprint density at radius 1 is 1.33 bits per heavy atom. The van der Waals surface area contributed by atoms with Gasteiger partial charge in [-0.05, 0) is 63.8 Å². The van der Waals surface area contributed by atoms with E-state index < -0.39 is 5.82 Å². The fourth-order valence-corrected chi connectivity index (χ4v) is 3.26. The zero-order chi connectivity index (χ0) is 15.4. The predicted molar refractivity (Wildman–Crippen MR) is 86.1 cm³/mol. The van der Waals surface area contributed by atoms with E-state index in [4.69, 9.17) is 10.9 Å². The zero-order valence-corrected chi connectivity index (χ0v) is 13.8. The Hall–Kier alpha value is -1.44. The summed E-state index contributed by atoms with van der Waals surface area (Å²) in [5, 5.41) is 13.7. The Morgan fingerprint density at radius 2 is 2.05 bits per heavy atom. The second-order valence-corrected chi connectivity index (χ2v) is 7.06. The van der Waals surface area contributed by atoms with Crippen LogP contribution in [-0.4, -0.2) is 23.0 Å². The van der Waals surface area contributed by atoms with Crippen LogP contribution >= 0.6 is 27.3 Å². The van der Waals surface area contributed by atoms with Crippen molar-refractivity contribution in [3.05, 3.63) is 55.9 Å². The van der Waals surface area contributed by atoms with Gasteiger partial charge in [0.2, 0.25) is 0 Å². The monoisotopic (exact) mass is 371 g/mol. The number of oxime groups is 1.